The molecule has 0 saturated heterocycles. The predicted molar refractivity (Wildman–Crippen MR) is 129 cm³/mol. The second kappa shape index (κ2) is 9.75. The number of anilines is 1. The molecule has 4 nitrogen and oxygen atoms in total. The Balaban J connectivity index is 2.10. The van der Waals surface area contributed by atoms with Gasteiger partial charge in [0.05, 0.1) is 16.1 Å². The summed E-state index contributed by atoms with van der Waals surface area (Å²) in [6.45, 7) is 4.02. The number of carbonyl (C=O) groups excluding carboxylic acids is 1. The van der Waals surface area contributed by atoms with E-state index in [4.69, 9.17) is 0 Å². The zero-order valence-corrected chi connectivity index (χ0v) is 20.0. The van der Waals surface area contributed by atoms with E-state index in [1.807, 2.05) is 25.1 Å². The molecule has 3 aromatic carbocycles. The van der Waals surface area contributed by atoms with E-state index in [0.29, 0.717) is 14.8 Å². The molecule has 3 aromatic rings. The third kappa shape index (κ3) is 4.92. The van der Waals surface area contributed by atoms with Gasteiger partial charge >= 0.3 is 0 Å². The summed E-state index contributed by atoms with van der Waals surface area (Å²) in [5.41, 5.74) is 2.75. The minimum Gasteiger partial charge on any atom is -0.268 e. The molecule has 0 fully saturated rings. The molecule has 0 unspecified atom stereocenters. The van der Waals surface area contributed by atoms with Crippen LogP contribution in [0.25, 0.3) is 0 Å². The van der Waals surface area contributed by atoms with Crippen LogP contribution in [0.5, 0.6) is 0 Å². The van der Waals surface area contributed by atoms with Crippen molar-refractivity contribution >= 4 is 44.2 Å². The SMILES string of the molecule is CCCCc1ccc(N(C(=O)c2ccccc2I)S(=O)(=O)c2ccc(C)cc2)cc1. The Hall–Kier alpha value is -2.19. The van der Waals surface area contributed by atoms with Crippen molar-refractivity contribution < 1.29 is 13.2 Å². The van der Waals surface area contributed by atoms with Gasteiger partial charge in [-0.25, -0.2) is 8.42 Å². The molecule has 0 aliphatic carbocycles. The highest BCUT2D eigenvalue weighted by Crippen LogP contribution is 2.28. The predicted octanol–water partition coefficient (Wildman–Crippen LogP) is 5.98. The number of halogens is 1. The van der Waals surface area contributed by atoms with Crippen molar-refractivity contribution in [2.75, 3.05) is 4.31 Å². The van der Waals surface area contributed by atoms with Crippen LogP contribution in [0.3, 0.4) is 0 Å². The lowest BCUT2D eigenvalue weighted by Crippen LogP contribution is -2.37. The van der Waals surface area contributed by atoms with Crippen LogP contribution in [0.15, 0.2) is 77.7 Å². The van der Waals surface area contributed by atoms with Crippen LogP contribution in [0.1, 0.15) is 41.3 Å². The molecule has 0 aliphatic rings. The first kappa shape index (κ1) is 22.5. The summed E-state index contributed by atoms with van der Waals surface area (Å²) in [6, 6.07) is 20.8. The summed E-state index contributed by atoms with van der Waals surface area (Å²) >= 11 is 2.05. The molecule has 0 spiro atoms. The van der Waals surface area contributed by atoms with Gasteiger partial charge in [-0.1, -0.05) is 55.3 Å². The van der Waals surface area contributed by atoms with Crippen molar-refractivity contribution in [1.82, 2.24) is 0 Å². The number of unbranched alkanes of at least 4 members (excludes halogenated alkanes) is 1. The zero-order valence-electron chi connectivity index (χ0n) is 17.0. The van der Waals surface area contributed by atoms with Crippen molar-refractivity contribution in [1.29, 1.82) is 0 Å². The van der Waals surface area contributed by atoms with Crippen LogP contribution >= 0.6 is 22.6 Å². The average Bonchev–Trinajstić information content (AvgIpc) is 2.73. The normalized spacial score (nSPS) is 11.3. The number of sulfonamides is 1. The molecule has 156 valence electrons. The fourth-order valence-electron chi connectivity index (χ4n) is 3.10. The highest BCUT2D eigenvalue weighted by molar-refractivity contribution is 14.1. The molecule has 6 heteroatoms. The van der Waals surface area contributed by atoms with Crippen LogP contribution in [0.2, 0.25) is 0 Å². The molecule has 0 N–H and O–H groups in total. The first-order valence-corrected chi connectivity index (χ1v) is 12.4. The van der Waals surface area contributed by atoms with Crippen molar-refractivity contribution in [3.8, 4) is 0 Å². The molecule has 1 amide bonds. The lowest BCUT2D eigenvalue weighted by molar-refractivity contribution is 0.100. The lowest BCUT2D eigenvalue weighted by atomic mass is 10.1. The minimum atomic E-state index is -4.08. The third-order valence-electron chi connectivity index (χ3n) is 4.84. The van der Waals surface area contributed by atoms with Gasteiger partial charge in [0.2, 0.25) is 0 Å². The summed E-state index contributed by atoms with van der Waals surface area (Å²) in [4.78, 5) is 13.5. The molecule has 3 rings (SSSR count). The number of aryl methyl sites for hydroxylation is 2. The zero-order chi connectivity index (χ0) is 21.7. The maximum absolute atomic E-state index is 13.5. The summed E-state index contributed by atoms with van der Waals surface area (Å²) in [6.07, 6.45) is 3.07. The van der Waals surface area contributed by atoms with Crippen molar-refractivity contribution in [2.45, 2.75) is 38.0 Å². The summed E-state index contributed by atoms with van der Waals surface area (Å²) in [5, 5.41) is 0. The van der Waals surface area contributed by atoms with Gasteiger partial charge in [-0.3, -0.25) is 4.79 Å². The number of amides is 1. The standard InChI is InChI=1S/C24H24INO3S/c1-3-4-7-19-12-14-20(15-13-19)26(24(27)22-8-5-6-9-23(22)25)30(28,29)21-16-10-18(2)11-17-21/h5-6,8-17H,3-4,7H2,1-2H3. The van der Waals surface area contributed by atoms with Gasteiger partial charge in [0.1, 0.15) is 0 Å². The molecule has 0 bridgehead atoms. The first-order valence-electron chi connectivity index (χ1n) is 9.84. The maximum atomic E-state index is 13.5. The van der Waals surface area contributed by atoms with E-state index < -0.39 is 15.9 Å². The van der Waals surface area contributed by atoms with Crippen molar-refractivity contribution in [3.05, 3.63) is 93.1 Å². The Bertz CT molecular complexity index is 1120. The lowest BCUT2D eigenvalue weighted by Gasteiger charge is -2.23. The van der Waals surface area contributed by atoms with E-state index in [-0.39, 0.29) is 4.90 Å². The Morgan fingerprint density at radius 1 is 0.933 bits per heavy atom. The van der Waals surface area contributed by atoms with Gasteiger partial charge in [0, 0.05) is 3.57 Å². The van der Waals surface area contributed by atoms with Crippen LogP contribution < -0.4 is 4.31 Å². The van der Waals surface area contributed by atoms with E-state index in [9.17, 15) is 13.2 Å². The number of hydrogen-bond donors (Lipinski definition) is 0. The van der Waals surface area contributed by atoms with E-state index in [2.05, 4.69) is 29.5 Å². The molecule has 0 atom stereocenters. The van der Waals surface area contributed by atoms with Gasteiger partial charge in [0.15, 0.2) is 0 Å². The first-order chi connectivity index (χ1) is 14.3. The Labute approximate surface area is 192 Å². The highest BCUT2D eigenvalue weighted by atomic mass is 127. The van der Waals surface area contributed by atoms with Crippen LogP contribution in [-0.2, 0) is 16.4 Å². The molecule has 30 heavy (non-hydrogen) atoms. The second-order valence-electron chi connectivity index (χ2n) is 7.14. The summed E-state index contributed by atoms with van der Waals surface area (Å²) in [7, 11) is -4.08. The largest absolute Gasteiger partial charge is 0.273 e. The van der Waals surface area contributed by atoms with E-state index in [1.54, 1.807) is 42.5 Å². The number of carbonyl (C=O) groups is 1. The molecule has 0 aliphatic heterocycles. The molecule has 0 radical (unpaired) electrons. The monoisotopic (exact) mass is 533 g/mol. The van der Waals surface area contributed by atoms with Crippen LogP contribution in [0.4, 0.5) is 5.69 Å². The van der Waals surface area contributed by atoms with E-state index in [1.165, 1.54) is 12.1 Å². The fourth-order valence-corrected chi connectivity index (χ4v) is 5.13. The van der Waals surface area contributed by atoms with Gasteiger partial charge in [-0.15, -0.1) is 0 Å². The third-order valence-corrected chi connectivity index (χ3v) is 7.50. The number of hydrogen-bond acceptors (Lipinski definition) is 3. The topological polar surface area (TPSA) is 54.5 Å². The Morgan fingerprint density at radius 2 is 1.57 bits per heavy atom. The second-order valence-corrected chi connectivity index (χ2v) is 10.1. The minimum absolute atomic E-state index is 0.0856. The van der Waals surface area contributed by atoms with Gasteiger partial charge in [0.25, 0.3) is 15.9 Å². The molecular weight excluding hydrogens is 509 g/mol. The fraction of sp³-hybridized carbons (Fsp3) is 0.208. The van der Waals surface area contributed by atoms with Crippen molar-refractivity contribution in [3.63, 3.8) is 0 Å². The molecule has 0 aromatic heterocycles. The Kier molecular flexibility index (Phi) is 7.31. The Morgan fingerprint density at radius 3 is 2.17 bits per heavy atom. The van der Waals surface area contributed by atoms with Gasteiger partial charge < -0.3 is 0 Å². The molecule has 0 saturated carbocycles. The summed E-state index contributed by atoms with van der Waals surface area (Å²) < 4.78 is 28.7. The van der Waals surface area contributed by atoms with E-state index in [0.717, 1.165) is 34.7 Å². The van der Waals surface area contributed by atoms with Crippen LogP contribution in [0, 0.1) is 10.5 Å². The average molecular weight is 533 g/mol. The summed E-state index contributed by atoms with van der Waals surface area (Å²) in [5.74, 6) is -0.568. The van der Waals surface area contributed by atoms with Gasteiger partial charge in [-0.05, 0) is 84.3 Å². The van der Waals surface area contributed by atoms with Gasteiger partial charge in [-0.2, -0.15) is 4.31 Å². The highest BCUT2D eigenvalue weighted by Gasteiger charge is 2.32. The smallest absolute Gasteiger partial charge is 0.268 e. The number of nitrogens with zero attached hydrogens (tertiary/aromatic N) is 1. The van der Waals surface area contributed by atoms with Crippen LogP contribution in [-0.4, -0.2) is 14.3 Å². The number of benzene rings is 3. The van der Waals surface area contributed by atoms with Crippen molar-refractivity contribution in [2.24, 2.45) is 0 Å². The van der Waals surface area contributed by atoms with E-state index >= 15 is 0 Å². The number of rotatable bonds is 7. The maximum Gasteiger partial charge on any atom is 0.273 e. The quantitative estimate of drug-likeness (QED) is 0.352. The molecule has 0 heterocycles. The molecular formula is C24H24INO3S.